The molecule has 5 rings (SSSR count). The number of fused-ring (bicyclic) bond motifs is 2. The number of aryl methyl sites for hydroxylation is 2. The molecule has 5 aromatic rings. The first-order valence-corrected chi connectivity index (χ1v) is 17.3. The molecule has 0 fully saturated rings. The number of aromatic nitrogens is 2. The van der Waals surface area contributed by atoms with Crippen LogP contribution in [0.15, 0.2) is 60.8 Å². The monoisotopic (exact) mass is 508 g/mol. The van der Waals surface area contributed by atoms with Crippen LogP contribution in [0.3, 0.4) is 0 Å². The summed E-state index contributed by atoms with van der Waals surface area (Å²) in [5, 5.41) is 3.66. The summed E-state index contributed by atoms with van der Waals surface area (Å²) in [6.45, 7) is 18.6. The van der Waals surface area contributed by atoms with Gasteiger partial charge in [0, 0.05) is 25.4 Å². The molecule has 184 valence electrons. The van der Waals surface area contributed by atoms with Gasteiger partial charge in [-0.25, -0.2) is 4.98 Å². The number of pyridine rings is 1. The molecule has 0 spiro atoms. The van der Waals surface area contributed by atoms with Crippen molar-refractivity contribution in [2.24, 2.45) is 0 Å². The zero-order chi connectivity index (χ0) is 25.8. The Morgan fingerprint density at radius 3 is 2.25 bits per heavy atom. The molecule has 4 heteroatoms. The van der Waals surface area contributed by atoms with Gasteiger partial charge in [-0.3, -0.25) is 4.98 Å². The van der Waals surface area contributed by atoms with E-state index in [9.17, 15) is 0 Å². The van der Waals surface area contributed by atoms with Crippen LogP contribution in [0.5, 0.6) is 0 Å². The first kappa shape index (κ1) is 24.9. The van der Waals surface area contributed by atoms with Gasteiger partial charge in [-0.15, -0.1) is 11.3 Å². The Morgan fingerprint density at radius 2 is 1.58 bits per heavy atom. The predicted octanol–water partition coefficient (Wildman–Crippen LogP) is 9.51. The summed E-state index contributed by atoms with van der Waals surface area (Å²) in [5.74, 6) is 0. The summed E-state index contributed by atoms with van der Waals surface area (Å²) in [5.41, 5.74) is 9.97. The Hall–Kier alpha value is -2.82. The molecule has 2 heterocycles. The highest BCUT2D eigenvalue weighted by Gasteiger charge is 2.21. The van der Waals surface area contributed by atoms with E-state index in [-0.39, 0.29) is 5.41 Å². The van der Waals surface area contributed by atoms with E-state index in [0.29, 0.717) is 0 Å². The summed E-state index contributed by atoms with van der Waals surface area (Å²) in [6, 6.07) is 21.3. The summed E-state index contributed by atoms with van der Waals surface area (Å²) in [7, 11) is -1.17. The standard InChI is InChI=1S/C32H36N2SSi/c1-20-15-22(19-36(6,7)8)16-21(2)28(20)31-34-27-13-14-33-29(30(27)35-31)24-17-23-11-9-10-12-25(23)26(18-24)32(3,4)5/h9-18H,19H2,1-8H3. The van der Waals surface area contributed by atoms with Crippen LogP contribution >= 0.6 is 11.3 Å². The average molecular weight is 509 g/mol. The Labute approximate surface area is 220 Å². The van der Waals surface area contributed by atoms with Gasteiger partial charge in [-0.05, 0) is 71.0 Å². The highest BCUT2D eigenvalue weighted by Crippen LogP contribution is 2.41. The maximum absolute atomic E-state index is 5.12. The molecule has 0 aliphatic rings. The molecule has 36 heavy (non-hydrogen) atoms. The van der Waals surface area contributed by atoms with Crippen LogP contribution in [0.25, 0.3) is 42.8 Å². The Bertz CT molecular complexity index is 1580. The van der Waals surface area contributed by atoms with Gasteiger partial charge >= 0.3 is 0 Å². The van der Waals surface area contributed by atoms with Crippen molar-refractivity contribution in [1.82, 2.24) is 9.97 Å². The topological polar surface area (TPSA) is 25.8 Å². The molecule has 0 aliphatic heterocycles. The van der Waals surface area contributed by atoms with E-state index >= 15 is 0 Å². The third-order valence-corrected chi connectivity index (χ3v) is 9.35. The summed E-state index contributed by atoms with van der Waals surface area (Å²) in [4.78, 5) is 10.0. The summed E-state index contributed by atoms with van der Waals surface area (Å²) < 4.78 is 1.16. The number of nitrogens with zero attached hydrogens (tertiary/aromatic N) is 2. The number of benzene rings is 3. The predicted molar refractivity (Wildman–Crippen MR) is 161 cm³/mol. The van der Waals surface area contributed by atoms with Crippen LogP contribution in [0, 0.1) is 13.8 Å². The average Bonchev–Trinajstić information content (AvgIpc) is 3.19. The lowest BCUT2D eigenvalue weighted by Crippen LogP contribution is -2.24. The fraction of sp³-hybridized carbons (Fsp3) is 0.312. The van der Waals surface area contributed by atoms with Gasteiger partial charge in [0.1, 0.15) is 5.01 Å². The summed E-state index contributed by atoms with van der Waals surface area (Å²) >= 11 is 1.77. The highest BCUT2D eigenvalue weighted by molar-refractivity contribution is 7.22. The second-order valence-corrected chi connectivity index (χ2v) is 18.8. The summed E-state index contributed by atoms with van der Waals surface area (Å²) in [6.07, 6.45) is 1.91. The quantitative estimate of drug-likeness (QED) is 0.226. The molecular formula is C32H36N2SSi. The molecule has 0 unspecified atom stereocenters. The molecule has 0 N–H and O–H groups in total. The number of hydrogen-bond donors (Lipinski definition) is 0. The third kappa shape index (κ3) is 4.77. The van der Waals surface area contributed by atoms with Crippen LogP contribution in [-0.4, -0.2) is 18.0 Å². The van der Waals surface area contributed by atoms with E-state index in [1.54, 1.807) is 11.3 Å². The SMILES string of the molecule is Cc1cc(C[Si](C)(C)C)cc(C)c1-c1nc2ccnc(-c3cc(C(C)(C)C)c4ccccc4c3)c2s1. The van der Waals surface area contributed by atoms with Crippen molar-refractivity contribution in [2.75, 3.05) is 0 Å². The minimum absolute atomic E-state index is 0.0360. The van der Waals surface area contributed by atoms with Gasteiger partial charge in [0.05, 0.1) is 15.9 Å². The Balaban J connectivity index is 1.67. The molecule has 0 atom stereocenters. The fourth-order valence-corrected chi connectivity index (χ4v) is 8.02. The van der Waals surface area contributed by atoms with E-state index in [1.807, 2.05) is 6.20 Å². The molecule has 0 aliphatic carbocycles. The van der Waals surface area contributed by atoms with E-state index in [4.69, 9.17) is 9.97 Å². The van der Waals surface area contributed by atoms with Crippen molar-refractivity contribution >= 4 is 40.4 Å². The minimum Gasteiger partial charge on any atom is -0.255 e. The van der Waals surface area contributed by atoms with Crippen molar-refractivity contribution in [1.29, 1.82) is 0 Å². The van der Waals surface area contributed by atoms with Crippen molar-refractivity contribution < 1.29 is 0 Å². The molecule has 0 radical (unpaired) electrons. The Kier molecular flexibility index (Phi) is 6.17. The van der Waals surface area contributed by atoms with Crippen LogP contribution in [0.1, 0.15) is 43.0 Å². The largest absolute Gasteiger partial charge is 0.255 e. The van der Waals surface area contributed by atoms with Gasteiger partial charge in [0.25, 0.3) is 0 Å². The molecule has 0 saturated heterocycles. The first-order chi connectivity index (χ1) is 16.9. The number of thiazole rings is 1. The second-order valence-electron chi connectivity index (χ2n) is 12.4. The van der Waals surface area contributed by atoms with Crippen LogP contribution in [0.2, 0.25) is 19.6 Å². The lowest BCUT2D eigenvalue weighted by molar-refractivity contribution is 0.596. The zero-order valence-electron chi connectivity index (χ0n) is 22.8. The fourth-order valence-electron chi connectivity index (χ4n) is 5.34. The molecule has 0 amide bonds. The van der Waals surface area contributed by atoms with Gasteiger partial charge in [-0.2, -0.15) is 0 Å². The zero-order valence-corrected chi connectivity index (χ0v) is 24.6. The maximum atomic E-state index is 5.12. The van der Waals surface area contributed by atoms with Crippen molar-refractivity contribution in [3.63, 3.8) is 0 Å². The molecule has 2 nitrogen and oxygen atoms in total. The molecule has 0 bridgehead atoms. The smallest absolute Gasteiger partial charge is 0.125 e. The van der Waals surface area contributed by atoms with Gasteiger partial charge < -0.3 is 0 Å². The Morgan fingerprint density at radius 1 is 0.889 bits per heavy atom. The normalized spacial score (nSPS) is 12.6. The van der Waals surface area contributed by atoms with Gasteiger partial charge in [0.15, 0.2) is 0 Å². The highest BCUT2D eigenvalue weighted by atomic mass is 32.1. The molecule has 3 aromatic carbocycles. The third-order valence-electron chi connectivity index (χ3n) is 6.79. The van der Waals surface area contributed by atoms with E-state index in [0.717, 1.165) is 20.9 Å². The maximum Gasteiger partial charge on any atom is 0.125 e. The van der Waals surface area contributed by atoms with Crippen molar-refractivity contribution in [3.05, 3.63) is 83.0 Å². The van der Waals surface area contributed by atoms with Crippen LogP contribution in [0.4, 0.5) is 0 Å². The van der Waals surface area contributed by atoms with Crippen LogP contribution < -0.4 is 0 Å². The molecule has 0 saturated carbocycles. The van der Waals surface area contributed by atoms with Crippen molar-refractivity contribution in [2.45, 2.75) is 65.7 Å². The second kappa shape index (κ2) is 8.93. The number of hydrogen-bond acceptors (Lipinski definition) is 3. The van der Waals surface area contributed by atoms with Crippen molar-refractivity contribution in [3.8, 4) is 21.8 Å². The lowest BCUT2D eigenvalue weighted by atomic mass is 9.82. The minimum atomic E-state index is -1.17. The van der Waals surface area contributed by atoms with E-state index in [1.165, 1.54) is 50.2 Å². The number of rotatable bonds is 4. The van der Waals surface area contributed by atoms with Gasteiger partial charge in [-0.1, -0.05) is 82.4 Å². The molecule has 2 aromatic heterocycles. The van der Waals surface area contributed by atoms with Gasteiger partial charge in [0.2, 0.25) is 0 Å². The van der Waals surface area contributed by atoms with Crippen LogP contribution in [-0.2, 0) is 11.5 Å². The van der Waals surface area contributed by atoms with E-state index < -0.39 is 8.07 Å². The lowest BCUT2D eigenvalue weighted by Gasteiger charge is -2.22. The van der Waals surface area contributed by atoms with E-state index in [2.05, 4.69) is 109 Å². The first-order valence-electron chi connectivity index (χ1n) is 12.8. The molecular weight excluding hydrogens is 473 g/mol.